The molecule has 4 heteroatoms. The van der Waals surface area contributed by atoms with Crippen LogP contribution in [0.4, 0.5) is 0 Å². The summed E-state index contributed by atoms with van der Waals surface area (Å²) in [6, 6.07) is 5.23. The normalized spacial score (nSPS) is 10.5. The summed E-state index contributed by atoms with van der Waals surface area (Å²) < 4.78 is 4.77. The van der Waals surface area contributed by atoms with Crippen molar-refractivity contribution in [2.24, 2.45) is 0 Å². The number of rotatable bonds is 0. The fraction of sp³-hybridized carbons (Fsp3) is 0.111. The van der Waals surface area contributed by atoms with Crippen molar-refractivity contribution in [1.82, 2.24) is 4.98 Å². The highest BCUT2D eigenvalue weighted by Crippen LogP contribution is 2.11. The topological polar surface area (TPSA) is 63.1 Å². The van der Waals surface area contributed by atoms with Gasteiger partial charge in [0.25, 0.3) is 0 Å². The first-order chi connectivity index (χ1) is 6.18. The number of aryl methyl sites for hydroxylation is 1. The van der Waals surface area contributed by atoms with Gasteiger partial charge in [-0.3, -0.25) is 4.79 Å². The molecule has 4 nitrogen and oxygen atoms in total. The van der Waals surface area contributed by atoms with E-state index in [4.69, 9.17) is 4.42 Å². The van der Waals surface area contributed by atoms with Crippen molar-refractivity contribution in [3.63, 3.8) is 0 Å². The lowest BCUT2D eigenvalue weighted by molar-refractivity contribution is 0.546. The van der Waals surface area contributed by atoms with Crippen LogP contribution in [0, 0.1) is 6.92 Å². The molecule has 0 aliphatic heterocycles. The van der Waals surface area contributed by atoms with Gasteiger partial charge in [0.15, 0.2) is 5.58 Å². The van der Waals surface area contributed by atoms with E-state index in [1.165, 1.54) is 0 Å². The van der Waals surface area contributed by atoms with E-state index in [-0.39, 0.29) is 0 Å². The van der Waals surface area contributed by atoms with Crippen LogP contribution < -0.4 is 11.2 Å². The number of aromatic nitrogens is 1. The number of benzene rings is 1. The van der Waals surface area contributed by atoms with Crippen LogP contribution in [-0.4, -0.2) is 4.98 Å². The molecule has 0 radical (unpaired) electrons. The number of hydrogen-bond donors (Lipinski definition) is 1. The Labute approximate surface area is 72.8 Å². The van der Waals surface area contributed by atoms with Gasteiger partial charge in [-0.1, -0.05) is 12.1 Å². The molecule has 0 aliphatic carbocycles. The Hall–Kier alpha value is -1.84. The van der Waals surface area contributed by atoms with E-state index in [1.54, 1.807) is 12.1 Å². The number of H-pyrrole nitrogens is 1. The summed E-state index contributed by atoms with van der Waals surface area (Å²) in [6.07, 6.45) is 0. The maximum Gasteiger partial charge on any atom is 0.402 e. The molecule has 2 aromatic rings. The quantitative estimate of drug-likeness (QED) is 0.605. The zero-order valence-electron chi connectivity index (χ0n) is 6.96. The third-order valence-corrected chi connectivity index (χ3v) is 1.86. The molecule has 13 heavy (non-hydrogen) atoms. The van der Waals surface area contributed by atoms with Crippen molar-refractivity contribution >= 4 is 11.1 Å². The van der Waals surface area contributed by atoms with Crippen molar-refractivity contribution in [3.05, 3.63) is 44.5 Å². The van der Waals surface area contributed by atoms with Crippen molar-refractivity contribution in [2.45, 2.75) is 6.92 Å². The number of nitrogens with one attached hydrogen (secondary N) is 1. The summed E-state index contributed by atoms with van der Waals surface area (Å²) in [5, 5.41) is 0. The lowest BCUT2D eigenvalue weighted by atomic mass is 10.2. The summed E-state index contributed by atoms with van der Waals surface area (Å²) in [5.74, 6) is 0. The SMILES string of the molecule is Cc1cccc2oc(=O)c(=O)[nH]c12. The van der Waals surface area contributed by atoms with Gasteiger partial charge >= 0.3 is 11.2 Å². The van der Waals surface area contributed by atoms with Gasteiger partial charge in [0, 0.05) is 0 Å². The molecular weight excluding hydrogens is 170 g/mol. The van der Waals surface area contributed by atoms with Gasteiger partial charge in [-0.15, -0.1) is 0 Å². The summed E-state index contributed by atoms with van der Waals surface area (Å²) in [5.41, 5.74) is 0.273. The minimum absolute atomic E-state index is 0.407. The number of fused-ring (bicyclic) bond motifs is 1. The van der Waals surface area contributed by atoms with E-state index in [9.17, 15) is 9.59 Å². The van der Waals surface area contributed by atoms with Crippen LogP contribution in [0.25, 0.3) is 11.1 Å². The summed E-state index contributed by atoms with van der Waals surface area (Å²) in [4.78, 5) is 24.2. The van der Waals surface area contributed by atoms with Crippen molar-refractivity contribution in [2.75, 3.05) is 0 Å². The first-order valence-electron chi connectivity index (χ1n) is 3.81. The van der Waals surface area contributed by atoms with Gasteiger partial charge in [0.1, 0.15) is 0 Å². The Balaban J connectivity index is 3.06. The lowest BCUT2D eigenvalue weighted by Crippen LogP contribution is -2.25. The van der Waals surface area contributed by atoms with Crippen molar-refractivity contribution in [1.29, 1.82) is 0 Å². The Morgan fingerprint density at radius 2 is 2.08 bits per heavy atom. The average molecular weight is 177 g/mol. The minimum Gasteiger partial charge on any atom is -0.417 e. The highest BCUT2D eigenvalue weighted by molar-refractivity contribution is 5.74. The predicted molar refractivity (Wildman–Crippen MR) is 47.8 cm³/mol. The van der Waals surface area contributed by atoms with Gasteiger partial charge in [-0.25, -0.2) is 4.79 Å². The van der Waals surface area contributed by atoms with Gasteiger partial charge in [0.2, 0.25) is 0 Å². The van der Waals surface area contributed by atoms with Crippen LogP contribution in [0.2, 0.25) is 0 Å². The van der Waals surface area contributed by atoms with Crippen molar-refractivity contribution < 1.29 is 4.42 Å². The molecule has 1 aromatic heterocycles. The predicted octanol–water partition coefficient (Wildman–Crippen LogP) is 0.790. The molecule has 0 saturated carbocycles. The number of aromatic amines is 1. The first kappa shape index (κ1) is 7.79. The Morgan fingerprint density at radius 3 is 2.85 bits per heavy atom. The highest BCUT2D eigenvalue weighted by Gasteiger charge is 2.02. The smallest absolute Gasteiger partial charge is 0.402 e. The van der Waals surface area contributed by atoms with Crippen LogP contribution in [0.15, 0.2) is 32.2 Å². The Morgan fingerprint density at radius 1 is 1.31 bits per heavy atom. The first-order valence-corrected chi connectivity index (χ1v) is 3.81. The lowest BCUT2D eigenvalue weighted by Gasteiger charge is -1.97. The molecule has 0 unspecified atom stereocenters. The molecule has 66 valence electrons. The number of hydrogen-bond acceptors (Lipinski definition) is 3. The van der Waals surface area contributed by atoms with Gasteiger partial charge in [0.05, 0.1) is 5.52 Å². The fourth-order valence-electron chi connectivity index (χ4n) is 1.20. The van der Waals surface area contributed by atoms with E-state index in [0.29, 0.717) is 11.1 Å². The standard InChI is InChI=1S/C9H7NO3/c1-5-3-2-4-6-7(5)10-8(11)9(12)13-6/h2-4H,1H3,(H,10,11). The van der Waals surface area contributed by atoms with E-state index < -0.39 is 11.2 Å². The molecule has 1 heterocycles. The Kier molecular flexibility index (Phi) is 1.55. The van der Waals surface area contributed by atoms with Gasteiger partial charge in [-0.05, 0) is 18.6 Å². The summed E-state index contributed by atoms with van der Waals surface area (Å²) in [6.45, 7) is 1.83. The largest absolute Gasteiger partial charge is 0.417 e. The second-order valence-corrected chi connectivity index (χ2v) is 2.79. The van der Waals surface area contributed by atoms with Crippen LogP contribution in [0.3, 0.4) is 0 Å². The molecule has 1 aromatic carbocycles. The molecule has 0 fully saturated rings. The minimum atomic E-state index is -0.863. The third kappa shape index (κ3) is 1.16. The van der Waals surface area contributed by atoms with Crippen LogP contribution in [0.1, 0.15) is 5.56 Å². The monoisotopic (exact) mass is 177 g/mol. The average Bonchev–Trinajstić information content (AvgIpc) is 2.09. The van der Waals surface area contributed by atoms with Gasteiger partial charge in [-0.2, -0.15) is 0 Å². The van der Waals surface area contributed by atoms with Gasteiger partial charge < -0.3 is 9.40 Å². The van der Waals surface area contributed by atoms with Crippen LogP contribution in [-0.2, 0) is 0 Å². The zero-order valence-corrected chi connectivity index (χ0v) is 6.96. The molecule has 2 rings (SSSR count). The Bertz CT molecular complexity index is 565. The zero-order chi connectivity index (χ0) is 9.42. The molecule has 0 amide bonds. The molecule has 0 bridgehead atoms. The second-order valence-electron chi connectivity index (χ2n) is 2.79. The van der Waals surface area contributed by atoms with E-state index in [1.807, 2.05) is 13.0 Å². The van der Waals surface area contributed by atoms with E-state index in [2.05, 4.69) is 4.98 Å². The molecule has 0 atom stereocenters. The fourth-order valence-corrected chi connectivity index (χ4v) is 1.20. The van der Waals surface area contributed by atoms with E-state index in [0.717, 1.165) is 5.56 Å². The molecular formula is C9H7NO3. The highest BCUT2D eigenvalue weighted by atomic mass is 16.4. The maximum atomic E-state index is 10.9. The third-order valence-electron chi connectivity index (χ3n) is 1.86. The number of para-hydroxylation sites is 1. The molecule has 0 aliphatic rings. The second kappa shape index (κ2) is 2.58. The van der Waals surface area contributed by atoms with Crippen LogP contribution >= 0.6 is 0 Å². The summed E-state index contributed by atoms with van der Waals surface area (Å²) >= 11 is 0. The van der Waals surface area contributed by atoms with Crippen molar-refractivity contribution in [3.8, 4) is 0 Å². The molecule has 0 saturated heterocycles. The molecule has 1 N–H and O–H groups in total. The van der Waals surface area contributed by atoms with E-state index >= 15 is 0 Å². The molecule has 0 spiro atoms. The summed E-state index contributed by atoms with van der Waals surface area (Å²) in [7, 11) is 0. The maximum absolute atomic E-state index is 10.9. The van der Waals surface area contributed by atoms with Crippen LogP contribution in [0.5, 0.6) is 0 Å².